The lowest BCUT2D eigenvalue weighted by Gasteiger charge is -2.18. The SMILES string of the molecule is COC(=O)CCS[C@H](C)C(=O)N[C@@H](C)c1ccc(Cl)cc1Cl. The van der Waals surface area contributed by atoms with Gasteiger partial charge in [-0.1, -0.05) is 29.3 Å². The molecule has 0 heterocycles. The maximum absolute atomic E-state index is 12.1. The summed E-state index contributed by atoms with van der Waals surface area (Å²) in [5, 5.41) is 3.71. The number of rotatable bonds is 7. The highest BCUT2D eigenvalue weighted by molar-refractivity contribution is 8.00. The Kier molecular flexibility index (Phi) is 8.07. The van der Waals surface area contributed by atoms with Crippen molar-refractivity contribution in [1.82, 2.24) is 5.32 Å². The van der Waals surface area contributed by atoms with Gasteiger partial charge in [0.05, 0.1) is 24.8 Å². The minimum Gasteiger partial charge on any atom is -0.469 e. The van der Waals surface area contributed by atoms with E-state index in [2.05, 4.69) is 10.1 Å². The molecule has 1 aromatic rings. The first-order chi connectivity index (χ1) is 10.3. The standard InChI is InChI=1S/C15H19Cl2NO3S/c1-9(12-5-4-11(16)8-13(12)17)18-15(20)10(2)22-7-6-14(19)21-3/h4-5,8-10H,6-7H2,1-3H3,(H,18,20)/t9-,10+/m0/s1. The second-order valence-electron chi connectivity index (χ2n) is 4.74. The Bertz CT molecular complexity index is 540. The van der Waals surface area contributed by atoms with Gasteiger partial charge in [0.25, 0.3) is 0 Å². The Hall–Kier alpha value is -0.910. The van der Waals surface area contributed by atoms with Gasteiger partial charge in [-0.25, -0.2) is 0 Å². The van der Waals surface area contributed by atoms with E-state index in [0.717, 1.165) is 5.56 Å². The molecule has 1 aromatic carbocycles. The molecule has 0 saturated carbocycles. The van der Waals surface area contributed by atoms with E-state index < -0.39 is 0 Å². The Morgan fingerprint density at radius 2 is 2.00 bits per heavy atom. The molecule has 22 heavy (non-hydrogen) atoms. The molecule has 7 heteroatoms. The van der Waals surface area contributed by atoms with Gasteiger partial charge in [-0.3, -0.25) is 9.59 Å². The van der Waals surface area contributed by atoms with E-state index in [4.69, 9.17) is 23.2 Å². The molecular weight excluding hydrogens is 345 g/mol. The minimum absolute atomic E-state index is 0.103. The van der Waals surface area contributed by atoms with E-state index in [0.29, 0.717) is 15.8 Å². The fourth-order valence-corrected chi connectivity index (χ4v) is 3.19. The zero-order valence-corrected chi connectivity index (χ0v) is 15.0. The molecule has 0 aliphatic heterocycles. The molecule has 0 spiro atoms. The summed E-state index contributed by atoms with van der Waals surface area (Å²) in [5.74, 6) is 0.159. The van der Waals surface area contributed by atoms with Crippen LogP contribution in [0.2, 0.25) is 10.0 Å². The average Bonchev–Trinajstić information content (AvgIpc) is 2.46. The molecule has 0 aliphatic rings. The topological polar surface area (TPSA) is 55.4 Å². The van der Waals surface area contributed by atoms with Crippen LogP contribution in [0.3, 0.4) is 0 Å². The lowest BCUT2D eigenvalue weighted by molar-refractivity contribution is -0.140. The van der Waals surface area contributed by atoms with Crippen molar-refractivity contribution in [3.63, 3.8) is 0 Å². The van der Waals surface area contributed by atoms with Crippen LogP contribution in [-0.2, 0) is 14.3 Å². The Morgan fingerprint density at radius 3 is 2.59 bits per heavy atom. The maximum atomic E-state index is 12.1. The van der Waals surface area contributed by atoms with Gasteiger partial charge in [-0.15, -0.1) is 11.8 Å². The molecule has 0 radical (unpaired) electrons. The summed E-state index contributed by atoms with van der Waals surface area (Å²) >= 11 is 13.4. The van der Waals surface area contributed by atoms with Crippen LogP contribution in [0.15, 0.2) is 18.2 Å². The van der Waals surface area contributed by atoms with E-state index in [1.807, 2.05) is 6.92 Å². The number of halogens is 2. The Labute approximate surface area is 144 Å². The zero-order chi connectivity index (χ0) is 16.7. The van der Waals surface area contributed by atoms with Gasteiger partial charge in [0.1, 0.15) is 0 Å². The average molecular weight is 364 g/mol. The lowest BCUT2D eigenvalue weighted by atomic mass is 10.1. The molecule has 0 saturated heterocycles. The number of methoxy groups -OCH3 is 1. The van der Waals surface area contributed by atoms with E-state index in [1.165, 1.54) is 18.9 Å². The highest BCUT2D eigenvalue weighted by Crippen LogP contribution is 2.26. The van der Waals surface area contributed by atoms with E-state index in [1.54, 1.807) is 25.1 Å². The largest absolute Gasteiger partial charge is 0.469 e. The monoisotopic (exact) mass is 363 g/mol. The summed E-state index contributed by atoms with van der Waals surface area (Å²) in [5.41, 5.74) is 0.811. The van der Waals surface area contributed by atoms with Crippen LogP contribution in [0.5, 0.6) is 0 Å². The fourth-order valence-electron chi connectivity index (χ4n) is 1.76. The van der Waals surface area contributed by atoms with Crippen molar-refractivity contribution in [1.29, 1.82) is 0 Å². The van der Waals surface area contributed by atoms with Crippen molar-refractivity contribution in [3.8, 4) is 0 Å². The number of thioether (sulfide) groups is 1. The van der Waals surface area contributed by atoms with Crippen LogP contribution in [0.1, 0.15) is 31.9 Å². The van der Waals surface area contributed by atoms with Gasteiger partial charge in [-0.2, -0.15) is 0 Å². The highest BCUT2D eigenvalue weighted by Gasteiger charge is 2.18. The number of benzene rings is 1. The predicted molar refractivity (Wildman–Crippen MR) is 91.6 cm³/mol. The number of carbonyl (C=O) groups is 2. The van der Waals surface area contributed by atoms with E-state index in [9.17, 15) is 9.59 Å². The summed E-state index contributed by atoms with van der Waals surface area (Å²) in [6, 6.07) is 4.96. The van der Waals surface area contributed by atoms with Gasteiger partial charge in [0.15, 0.2) is 0 Å². The summed E-state index contributed by atoms with van der Waals surface area (Å²) < 4.78 is 4.56. The number of amides is 1. The third-order valence-electron chi connectivity index (χ3n) is 3.06. The van der Waals surface area contributed by atoms with Gasteiger partial charge in [0.2, 0.25) is 5.91 Å². The molecule has 0 bridgehead atoms. The van der Waals surface area contributed by atoms with Crippen LogP contribution in [-0.4, -0.2) is 30.0 Å². The number of hydrogen-bond donors (Lipinski definition) is 1. The van der Waals surface area contributed by atoms with Gasteiger partial charge < -0.3 is 10.1 Å². The van der Waals surface area contributed by atoms with Crippen molar-refractivity contribution in [2.45, 2.75) is 31.6 Å². The number of carbonyl (C=O) groups excluding carboxylic acids is 2. The Balaban J connectivity index is 2.50. The fraction of sp³-hybridized carbons (Fsp3) is 0.467. The molecule has 122 valence electrons. The quantitative estimate of drug-likeness (QED) is 0.747. The van der Waals surface area contributed by atoms with Crippen LogP contribution in [0.4, 0.5) is 0 Å². The maximum Gasteiger partial charge on any atom is 0.306 e. The number of hydrogen-bond acceptors (Lipinski definition) is 4. The first-order valence-electron chi connectivity index (χ1n) is 6.79. The molecular formula is C15H19Cl2NO3S. The van der Waals surface area contributed by atoms with Crippen molar-refractivity contribution in [3.05, 3.63) is 33.8 Å². The van der Waals surface area contributed by atoms with Crippen LogP contribution < -0.4 is 5.32 Å². The van der Waals surface area contributed by atoms with Gasteiger partial charge in [-0.05, 0) is 31.5 Å². The normalized spacial score (nSPS) is 13.3. The second kappa shape index (κ2) is 9.28. The smallest absolute Gasteiger partial charge is 0.306 e. The Morgan fingerprint density at radius 1 is 1.32 bits per heavy atom. The molecule has 0 aromatic heterocycles. The highest BCUT2D eigenvalue weighted by atomic mass is 35.5. The van der Waals surface area contributed by atoms with Crippen molar-refractivity contribution in [2.24, 2.45) is 0 Å². The van der Waals surface area contributed by atoms with E-state index >= 15 is 0 Å². The van der Waals surface area contributed by atoms with E-state index in [-0.39, 0.29) is 29.6 Å². The van der Waals surface area contributed by atoms with Crippen molar-refractivity contribution >= 4 is 46.8 Å². The number of nitrogens with one attached hydrogen (secondary N) is 1. The minimum atomic E-state index is -0.276. The number of esters is 1. The molecule has 1 amide bonds. The third kappa shape index (κ3) is 6.07. The first kappa shape index (κ1) is 19.1. The molecule has 1 rings (SSSR count). The summed E-state index contributed by atoms with van der Waals surface area (Å²) in [6.07, 6.45) is 0.289. The summed E-state index contributed by atoms with van der Waals surface area (Å²) in [7, 11) is 1.35. The van der Waals surface area contributed by atoms with Gasteiger partial charge >= 0.3 is 5.97 Å². The predicted octanol–water partition coefficient (Wildman–Crippen LogP) is 3.86. The van der Waals surface area contributed by atoms with Crippen molar-refractivity contribution in [2.75, 3.05) is 12.9 Å². The molecule has 0 unspecified atom stereocenters. The molecule has 0 fully saturated rings. The molecule has 0 aliphatic carbocycles. The molecule has 2 atom stereocenters. The second-order valence-corrected chi connectivity index (χ2v) is 7.03. The third-order valence-corrected chi connectivity index (χ3v) is 4.78. The van der Waals surface area contributed by atoms with Crippen LogP contribution in [0.25, 0.3) is 0 Å². The number of ether oxygens (including phenoxy) is 1. The van der Waals surface area contributed by atoms with Crippen molar-refractivity contribution < 1.29 is 14.3 Å². The first-order valence-corrected chi connectivity index (χ1v) is 8.59. The van der Waals surface area contributed by atoms with Crippen LogP contribution in [0, 0.1) is 0 Å². The lowest BCUT2D eigenvalue weighted by Crippen LogP contribution is -2.33. The molecule has 1 N–H and O–H groups in total. The summed E-state index contributed by atoms with van der Waals surface area (Å²) in [4.78, 5) is 23.2. The zero-order valence-electron chi connectivity index (χ0n) is 12.7. The molecule has 4 nitrogen and oxygen atoms in total. The summed E-state index contributed by atoms with van der Waals surface area (Å²) in [6.45, 7) is 3.66. The van der Waals surface area contributed by atoms with Crippen LogP contribution >= 0.6 is 35.0 Å². The van der Waals surface area contributed by atoms with Gasteiger partial charge in [0, 0.05) is 15.8 Å².